The maximum Gasteiger partial charge on any atom is 0.264 e. The fourth-order valence-electron chi connectivity index (χ4n) is 0.913. The van der Waals surface area contributed by atoms with E-state index < -0.39 is 9.28 Å². The van der Waals surface area contributed by atoms with Crippen molar-refractivity contribution in [1.29, 1.82) is 0 Å². The van der Waals surface area contributed by atoms with Crippen LogP contribution in [0.15, 0.2) is 0 Å². The van der Waals surface area contributed by atoms with Gasteiger partial charge in [-0.3, -0.25) is 0 Å². The van der Waals surface area contributed by atoms with E-state index in [1.807, 2.05) is 0 Å². The van der Waals surface area contributed by atoms with Crippen LogP contribution in [0.25, 0.3) is 0 Å². The Morgan fingerprint density at radius 3 is 1.82 bits per heavy atom. The minimum absolute atomic E-state index is 1.00. The summed E-state index contributed by atoms with van der Waals surface area (Å²) >= 11 is 0. The van der Waals surface area contributed by atoms with Crippen LogP contribution in [-0.4, -0.2) is 28.9 Å². The highest BCUT2D eigenvalue weighted by Crippen LogP contribution is 1.71. The molecule has 0 heterocycles. The summed E-state index contributed by atoms with van der Waals surface area (Å²) in [5.74, 6) is 0. The summed E-state index contributed by atoms with van der Waals surface area (Å²) in [5.41, 5.74) is 0. The van der Waals surface area contributed by atoms with Crippen molar-refractivity contribution in [3.05, 3.63) is 0 Å². The Morgan fingerprint density at radius 2 is 1.45 bits per heavy atom. The van der Waals surface area contributed by atoms with E-state index in [4.69, 9.17) is 0 Å². The van der Waals surface area contributed by atoms with Gasteiger partial charge in [0.1, 0.15) is 0 Å². The van der Waals surface area contributed by atoms with Crippen LogP contribution in [0.4, 0.5) is 0 Å². The Hall–Kier alpha value is 0.0969. The number of rotatable bonds is 7. The summed E-state index contributed by atoms with van der Waals surface area (Å²) in [6.07, 6.45) is 1.21. The molecule has 0 aliphatic heterocycles. The van der Waals surface area contributed by atoms with Gasteiger partial charge in [0.25, 0.3) is 9.28 Å². The van der Waals surface area contributed by atoms with Gasteiger partial charge in [0.05, 0.1) is 0 Å². The molecular weight excluding hydrogens is 154 g/mol. The van der Waals surface area contributed by atoms with Gasteiger partial charge in [-0.05, 0) is 26.1 Å². The van der Waals surface area contributed by atoms with Gasteiger partial charge in [-0.15, -0.1) is 0 Å². The van der Waals surface area contributed by atoms with Crippen molar-refractivity contribution in [2.24, 2.45) is 0 Å². The molecule has 0 radical (unpaired) electrons. The minimum Gasteiger partial charge on any atom is -0.316 e. The molecule has 0 bridgehead atoms. The summed E-state index contributed by atoms with van der Waals surface area (Å²) in [5, 5.41) is 0. The van der Waals surface area contributed by atoms with Crippen molar-refractivity contribution in [1.82, 2.24) is 14.9 Å². The average molecular weight is 175 g/mol. The van der Waals surface area contributed by atoms with Crippen molar-refractivity contribution in [2.75, 3.05) is 19.6 Å². The van der Waals surface area contributed by atoms with E-state index in [1.54, 1.807) is 0 Å². The lowest BCUT2D eigenvalue weighted by molar-refractivity contribution is 0.778. The van der Waals surface area contributed by atoms with Crippen molar-refractivity contribution >= 4 is 9.28 Å². The Kier molecular flexibility index (Phi) is 8.27. The van der Waals surface area contributed by atoms with Crippen molar-refractivity contribution in [2.45, 2.75) is 27.2 Å². The summed E-state index contributed by atoms with van der Waals surface area (Å²) < 4.78 is 0. The fourth-order valence-corrected chi connectivity index (χ4v) is 2.74. The third-order valence-corrected chi connectivity index (χ3v) is 3.74. The molecule has 3 N–H and O–H groups in total. The molecule has 0 saturated carbocycles. The standard InChI is InChI=1S/C7H21N3Si/c1-4-7-10-11(8-5-2)9-6-3/h8-11H,4-7H2,1-3H3. The third kappa shape index (κ3) is 6.49. The zero-order valence-electron chi connectivity index (χ0n) is 7.91. The lowest BCUT2D eigenvalue weighted by Crippen LogP contribution is -2.58. The third-order valence-electron chi connectivity index (χ3n) is 1.41. The normalized spacial score (nSPS) is 10.9. The van der Waals surface area contributed by atoms with E-state index in [0.29, 0.717) is 0 Å². The highest BCUT2D eigenvalue weighted by Gasteiger charge is 2.04. The van der Waals surface area contributed by atoms with Gasteiger partial charge in [0.2, 0.25) is 0 Å². The summed E-state index contributed by atoms with van der Waals surface area (Å²) in [6, 6.07) is 0. The molecular formula is C7H21N3Si. The lowest BCUT2D eigenvalue weighted by atomic mass is 10.5. The van der Waals surface area contributed by atoms with Crippen LogP contribution in [0.2, 0.25) is 0 Å². The first-order chi connectivity index (χ1) is 5.35. The molecule has 0 atom stereocenters. The molecule has 0 rings (SSSR count). The molecule has 4 heteroatoms. The second kappa shape index (κ2) is 8.20. The van der Waals surface area contributed by atoms with Crippen LogP contribution in [0.3, 0.4) is 0 Å². The van der Waals surface area contributed by atoms with Crippen LogP contribution in [0, 0.1) is 0 Å². The van der Waals surface area contributed by atoms with Gasteiger partial charge in [0, 0.05) is 0 Å². The summed E-state index contributed by atoms with van der Waals surface area (Å²) in [6.45, 7) is 9.71. The molecule has 11 heavy (non-hydrogen) atoms. The van der Waals surface area contributed by atoms with Crippen molar-refractivity contribution < 1.29 is 0 Å². The van der Waals surface area contributed by atoms with Gasteiger partial charge in [0.15, 0.2) is 0 Å². The predicted octanol–water partition coefficient (Wildman–Crippen LogP) is -0.0778. The highest BCUT2D eigenvalue weighted by atomic mass is 28.3. The van der Waals surface area contributed by atoms with Crippen LogP contribution in [-0.2, 0) is 0 Å². The zero-order chi connectivity index (χ0) is 8.53. The van der Waals surface area contributed by atoms with E-state index in [9.17, 15) is 0 Å². The smallest absolute Gasteiger partial charge is 0.264 e. The van der Waals surface area contributed by atoms with Crippen LogP contribution in [0.1, 0.15) is 27.2 Å². The Balaban J connectivity index is 3.34. The van der Waals surface area contributed by atoms with Crippen molar-refractivity contribution in [3.63, 3.8) is 0 Å². The van der Waals surface area contributed by atoms with Gasteiger partial charge >= 0.3 is 0 Å². The van der Waals surface area contributed by atoms with Crippen molar-refractivity contribution in [3.8, 4) is 0 Å². The zero-order valence-corrected chi connectivity index (χ0v) is 9.06. The van der Waals surface area contributed by atoms with Gasteiger partial charge in [-0.25, -0.2) is 0 Å². The number of hydrogen-bond acceptors (Lipinski definition) is 3. The second-order valence-electron chi connectivity index (χ2n) is 2.50. The minimum atomic E-state index is -1.00. The molecule has 0 aromatic carbocycles. The van der Waals surface area contributed by atoms with E-state index >= 15 is 0 Å². The molecule has 0 aromatic heterocycles. The molecule has 0 aliphatic carbocycles. The van der Waals surface area contributed by atoms with Gasteiger partial charge < -0.3 is 14.9 Å². The summed E-state index contributed by atoms with van der Waals surface area (Å²) in [4.78, 5) is 10.4. The van der Waals surface area contributed by atoms with Gasteiger partial charge in [-0.2, -0.15) is 0 Å². The van der Waals surface area contributed by atoms with E-state index in [1.165, 1.54) is 6.42 Å². The Bertz CT molecular complexity index is 74.1. The second-order valence-corrected chi connectivity index (χ2v) is 4.59. The lowest BCUT2D eigenvalue weighted by Gasteiger charge is -2.16. The Labute approximate surface area is 71.8 Å². The van der Waals surface area contributed by atoms with Crippen LogP contribution < -0.4 is 14.9 Å². The predicted molar refractivity (Wildman–Crippen MR) is 52.8 cm³/mol. The highest BCUT2D eigenvalue weighted by molar-refractivity contribution is 6.50. The molecule has 0 aliphatic rings. The molecule has 0 fully saturated rings. The SMILES string of the molecule is CCCN[SiH](NCC)NCC. The maximum atomic E-state index is 3.49. The van der Waals surface area contributed by atoms with E-state index in [2.05, 4.69) is 35.7 Å². The molecule has 0 spiro atoms. The van der Waals surface area contributed by atoms with Crippen LogP contribution in [0.5, 0.6) is 0 Å². The van der Waals surface area contributed by atoms with E-state index in [-0.39, 0.29) is 0 Å². The first-order valence-electron chi connectivity index (χ1n) is 4.55. The molecule has 0 saturated heterocycles. The molecule has 0 aromatic rings. The monoisotopic (exact) mass is 175 g/mol. The number of nitrogens with one attached hydrogen (secondary N) is 3. The topological polar surface area (TPSA) is 36.1 Å². The van der Waals surface area contributed by atoms with Gasteiger partial charge in [-0.1, -0.05) is 20.8 Å². The largest absolute Gasteiger partial charge is 0.316 e. The first kappa shape index (κ1) is 11.1. The Morgan fingerprint density at radius 1 is 0.909 bits per heavy atom. The summed E-state index contributed by atoms with van der Waals surface area (Å²) in [7, 11) is -1.00. The molecule has 0 unspecified atom stereocenters. The maximum absolute atomic E-state index is 3.49. The number of hydrogen-bond donors (Lipinski definition) is 3. The first-order valence-corrected chi connectivity index (χ1v) is 6.28. The molecule has 3 nitrogen and oxygen atoms in total. The fraction of sp³-hybridized carbons (Fsp3) is 1.00. The van der Waals surface area contributed by atoms with E-state index in [0.717, 1.165) is 19.6 Å². The molecule has 0 amide bonds. The quantitative estimate of drug-likeness (QED) is 0.474. The average Bonchev–Trinajstić information content (AvgIpc) is 2.01. The van der Waals surface area contributed by atoms with Crippen LogP contribution >= 0.6 is 0 Å². The molecule has 68 valence electrons.